The molecule has 1 aliphatic heterocycles. The van der Waals surface area contributed by atoms with Crippen LogP contribution in [0, 0.1) is 0 Å². The van der Waals surface area contributed by atoms with Crippen molar-refractivity contribution in [3.8, 4) is 0 Å². The van der Waals surface area contributed by atoms with Crippen LogP contribution in [0.2, 0.25) is 0 Å². The molecule has 0 aromatic carbocycles. The van der Waals surface area contributed by atoms with Crippen molar-refractivity contribution in [1.82, 2.24) is 10.3 Å². The normalized spacial score (nSPS) is 18.6. The van der Waals surface area contributed by atoms with E-state index in [-0.39, 0.29) is 0 Å². The number of nitrogens with one attached hydrogen (secondary N) is 1. The molecule has 0 bridgehead atoms. The average molecular weight is 227 g/mol. The molecule has 2 rings (SSSR count). The molecule has 2 heterocycles. The number of aromatic nitrogens is 1. The number of halogens is 2. The zero-order valence-corrected chi connectivity index (χ0v) is 8.76. The Labute approximate surface area is 92.2 Å². The van der Waals surface area contributed by atoms with Gasteiger partial charge in [0.05, 0.1) is 0 Å². The van der Waals surface area contributed by atoms with Crippen LogP contribution in [0.1, 0.15) is 5.56 Å². The van der Waals surface area contributed by atoms with Crippen molar-refractivity contribution in [2.45, 2.75) is 4.46 Å². The van der Waals surface area contributed by atoms with Crippen LogP contribution in [-0.2, 0) is 0 Å². The molecule has 0 unspecified atom stereocenters. The number of pyridine rings is 1. The van der Waals surface area contributed by atoms with E-state index in [0.717, 1.165) is 11.1 Å². The molecule has 0 saturated carbocycles. The van der Waals surface area contributed by atoms with Gasteiger partial charge < -0.3 is 5.32 Å². The zero-order valence-electron chi connectivity index (χ0n) is 7.24. The highest BCUT2D eigenvalue weighted by Crippen LogP contribution is 2.36. The van der Waals surface area contributed by atoms with Crippen molar-refractivity contribution in [2.75, 3.05) is 0 Å². The first-order valence-electron chi connectivity index (χ1n) is 4.13. The monoisotopic (exact) mass is 226 g/mol. The maximum atomic E-state index is 6.09. The van der Waals surface area contributed by atoms with Crippen LogP contribution in [0.4, 0.5) is 0 Å². The molecule has 1 aliphatic rings. The fourth-order valence-corrected chi connectivity index (χ4v) is 1.76. The molecule has 14 heavy (non-hydrogen) atoms. The molecule has 0 saturated heterocycles. The summed E-state index contributed by atoms with van der Waals surface area (Å²) < 4.78 is -1.06. The summed E-state index contributed by atoms with van der Waals surface area (Å²) >= 11 is 12.2. The Kier molecular flexibility index (Phi) is 2.48. The van der Waals surface area contributed by atoms with Crippen LogP contribution in [0.15, 0.2) is 42.9 Å². The first-order valence-corrected chi connectivity index (χ1v) is 4.89. The lowest BCUT2D eigenvalue weighted by atomic mass is 10.1. The summed E-state index contributed by atoms with van der Waals surface area (Å²) in [5, 5.41) is 2.87. The highest BCUT2D eigenvalue weighted by atomic mass is 35.5. The van der Waals surface area contributed by atoms with Crippen LogP contribution in [0.3, 0.4) is 0 Å². The van der Waals surface area contributed by atoms with Crippen LogP contribution >= 0.6 is 23.2 Å². The summed E-state index contributed by atoms with van der Waals surface area (Å²) in [6, 6.07) is 3.73. The summed E-state index contributed by atoms with van der Waals surface area (Å²) in [5.74, 6) is 0. The molecular weight excluding hydrogens is 219 g/mol. The van der Waals surface area contributed by atoms with Gasteiger partial charge in [-0.05, 0) is 30.0 Å². The first-order chi connectivity index (χ1) is 6.70. The first kappa shape index (κ1) is 9.56. The summed E-state index contributed by atoms with van der Waals surface area (Å²) in [5.41, 5.74) is 1.78. The lowest BCUT2D eigenvalue weighted by Gasteiger charge is -2.26. The number of rotatable bonds is 1. The Morgan fingerprint density at radius 3 is 2.57 bits per heavy atom. The third-order valence-corrected chi connectivity index (χ3v) is 2.58. The minimum Gasteiger partial charge on any atom is -0.357 e. The Morgan fingerprint density at radius 1 is 1.21 bits per heavy atom. The van der Waals surface area contributed by atoms with Gasteiger partial charge in [0, 0.05) is 18.0 Å². The van der Waals surface area contributed by atoms with Crippen LogP contribution in [0.25, 0.3) is 5.57 Å². The van der Waals surface area contributed by atoms with E-state index in [9.17, 15) is 0 Å². The Hall–Kier alpha value is -0.990. The quantitative estimate of drug-likeness (QED) is 0.589. The molecule has 1 N–H and O–H groups in total. The minimum absolute atomic E-state index is 0.825. The zero-order chi connectivity index (χ0) is 10.0. The van der Waals surface area contributed by atoms with Crippen molar-refractivity contribution in [1.29, 1.82) is 0 Å². The van der Waals surface area contributed by atoms with Gasteiger partial charge in [-0.2, -0.15) is 0 Å². The van der Waals surface area contributed by atoms with Crippen molar-refractivity contribution in [3.05, 3.63) is 48.4 Å². The summed E-state index contributed by atoms with van der Waals surface area (Å²) in [6.45, 7) is 0. The molecule has 0 aliphatic carbocycles. The number of hydrogen-bond donors (Lipinski definition) is 1. The van der Waals surface area contributed by atoms with Gasteiger partial charge in [0.1, 0.15) is 0 Å². The van der Waals surface area contributed by atoms with Crippen molar-refractivity contribution < 1.29 is 0 Å². The lowest BCUT2D eigenvalue weighted by molar-refractivity contribution is 0.849. The van der Waals surface area contributed by atoms with Crippen LogP contribution in [0.5, 0.6) is 0 Å². The SMILES string of the molecule is ClC1(Cl)NC=CC=C1c1ccncc1. The second-order valence-corrected chi connectivity index (χ2v) is 4.22. The maximum absolute atomic E-state index is 6.09. The molecule has 0 spiro atoms. The highest BCUT2D eigenvalue weighted by Gasteiger charge is 2.29. The third kappa shape index (κ3) is 1.76. The molecular formula is C10H8Cl2N2. The number of hydrogen-bond acceptors (Lipinski definition) is 2. The van der Waals surface area contributed by atoms with Gasteiger partial charge in [-0.1, -0.05) is 29.3 Å². The largest absolute Gasteiger partial charge is 0.357 e. The maximum Gasteiger partial charge on any atom is 0.214 e. The molecule has 0 radical (unpaired) electrons. The predicted molar refractivity (Wildman–Crippen MR) is 58.9 cm³/mol. The van der Waals surface area contributed by atoms with E-state index in [1.807, 2.05) is 24.3 Å². The lowest BCUT2D eigenvalue weighted by Crippen LogP contribution is -2.32. The van der Waals surface area contributed by atoms with Crippen LogP contribution < -0.4 is 5.32 Å². The summed E-state index contributed by atoms with van der Waals surface area (Å²) in [7, 11) is 0. The second kappa shape index (κ2) is 3.64. The van der Waals surface area contributed by atoms with Gasteiger partial charge in [0.25, 0.3) is 0 Å². The summed E-state index contributed by atoms with van der Waals surface area (Å²) in [4.78, 5) is 3.94. The van der Waals surface area contributed by atoms with Gasteiger partial charge >= 0.3 is 0 Å². The van der Waals surface area contributed by atoms with E-state index in [1.54, 1.807) is 18.6 Å². The highest BCUT2D eigenvalue weighted by molar-refractivity contribution is 6.54. The molecule has 0 amide bonds. The molecule has 0 fully saturated rings. The number of dihydropyridines is 1. The second-order valence-electron chi connectivity index (χ2n) is 2.89. The molecule has 2 nitrogen and oxygen atoms in total. The smallest absolute Gasteiger partial charge is 0.214 e. The molecule has 1 aromatic rings. The van der Waals surface area contributed by atoms with Gasteiger partial charge in [-0.15, -0.1) is 0 Å². The van der Waals surface area contributed by atoms with E-state index >= 15 is 0 Å². The summed E-state index contributed by atoms with van der Waals surface area (Å²) in [6.07, 6.45) is 8.87. The van der Waals surface area contributed by atoms with Crippen LogP contribution in [-0.4, -0.2) is 9.44 Å². The number of alkyl halides is 2. The third-order valence-electron chi connectivity index (χ3n) is 1.95. The van der Waals surface area contributed by atoms with Gasteiger partial charge in [-0.25, -0.2) is 0 Å². The number of allylic oxidation sites excluding steroid dienone is 2. The number of nitrogens with zero attached hydrogens (tertiary/aromatic N) is 1. The van der Waals surface area contributed by atoms with Crippen molar-refractivity contribution in [2.24, 2.45) is 0 Å². The Bertz CT molecular complexity index is 382. The van der Waals surface area contributed by atoms with Gasteiger partial charge in [-0.3, -0.25) is 4.98 Å². The van der Waals surface area contributed by atoms with E-state index in [0.29, 0.717) is 0 Å². The van der Waals surface area contributed by atoms with E-state index in [1.165, 1.54) is 0 Å². The average Bonchev–Trinajstić information content (AvgIpc) is 2.18. The topological polar surface area (TPSA) is 24.9 Å². The molecule has 0 atom stereocenters. The van der Waals surface area contributed by atoms with Crippen molar-refractivity contribution in [3.63, 3.8) is 0 Å². The van der Waals surface area contributed by atoms with Gasteiger partial charge in [0.15, 0.2) is 0 Å². The fraction of sp³-hybridized carbons (Fsp3) is 0.100. The Balaban J connectivity index is 2.43. The predicted octanol–water partition coefficient (Wildman–Crippen LogP) is 2.71. The Morgan fingerprint density at radius 2 is 1.93 bits per heavy atom. The standard InChI is InChI=1S/C10H8Cl2N2/c11-10(12)9(2-1-5-14-10)8-3-6-13-7-4-8/h1-7,14H. The van der Waals surface area contributed by atoms with E-state index in [4.69, 9.17) is 23.2 Å². The molecule has 72 valence electrons. The molecule has 1 aromatic heterocycles. The minimum atomic E-state index is -1.06. The van der Waals surface area contributed by atoms with Gasteiger partial charge in [0.2, 0.25) is 4.46 Å². The fourth-order valence-electron chi connectivity index (χ4n) is 1.29. The van der Waals surface area contributed by atoms with E-state index in [2.05, 4.69) is 10.3 Å². The van der Waals surface area contributed by atoms with E-state index < -0.39 is 4.46 Å². The molecule has 4 heteroatoms. The van der Waals surface area contributed by atoms with Crippen molar-refractivity contribution >= 4 is 28.8 Å².